The molecule has 0 aromatic heterocycles. The molecule has 0 aliphatic carbocycles. The molecule has 104 valence electrons. The summed E-state index contributed by atoms with van der Waals surface area (Å²) >= 11 is 11.6. The Morgan fingerprint density at radius 2 is 1.95 bits per heavy atom. The van der Waals surface area contributed by atoms with Crippen molar-refractivity contribution < 1.29 is 13.9 Å². The van der Waals surface area contributed by atoms with Gasteiger partial charge in [-0.05, 0) is 30.3 Å². The second-order valence-corrected chi connectivity index (χ2v) is 4.74. The zero-order chi connectivity index (χ0) is 14.5. The molecular formula is C14H10Cl2FNO2. The molecule has 0 radical (unpaired) electrons. The highest BCUT2D eigenvalue weighted by molar-refractivity contribution is 6.42. The van der Waals surface area contributed by atoms with Gasteiger partial charge in [-0.1, -0.05) is 29.3 Å². The molecule has 2 aromatic carbocycles. The molecule has 2 aromatic rings. The SMILES string of the molecule is O=C(COc1cccc(F)c1)Nc1ccc(Cl)c(Cl)c1. The lowest BCUT2D eigenvalue weighted by atomic mass is 10.3. The van der Waals surface area contributed by atoms with Gasteiger partial charge in [0.05, 0.1) is 10.0 Å². The van der Waals surface area contributed by atoms with Gasteiger partial charge in [0.2, 0.25) is 0 Å². The van der Waals surface area contributed by atoms with Crippen molar-refractivity contribution in [2.24, 2.45) is 0 Å². The third kappa shape index (κ3) is 4.11. The molecular weight excluding hydrogens is 304 g/mol. The van der Waals surface area contributed by atoms with E-state index in [-0.39, 0.29) is 18.3 Å². The minimum absolute atomic E-state index is 0.232. The molecule has 0 bridgehead atoms. The van der Waals surface area contributed by atoms with Gasteiger partial charge < -0.3 is 10.1 Å². The van der Waals surface area contributed by atoms with Crippen molar-refractivity contribution in [1.29, 1.82) is 0 Å². The Bertz CT molecular complexity index is 634. The van der Waals surface area contributed by atoms with Crippen molar-refractivity contribution in [1.82, 2.24) is 0 Å². The summed E-state index contributed by atoms with van der Waals surface area (Å²) in [5.74, 6) is -0.519. The molecule has 6 heteroatoms. The summed E-state index contributed by atoms with van der Waals surface area (Å²) in [5, 5.41) is 3.34. The van der Waals surface area contributed by atoms with Crippen LogP contribution in [-0.2, 0) is 4.79 Å². The van der Waals surface area contributed by atoms with Gasteiger partial charge in [-0.25, -0.2) is 4.39 Å². The van der Waals surface area contributed by atoms with E-state index in [9.17, 15) is 9.18 Å². The Morgan fingerprint density at radius 1 is 1.15 bits per heavy atom. The maximum absolute atomic E-state index is 12.9. The van der Waals surface area contributed by atoms with Gasteiger partial charge in [-0.15, -0.1) is 0 Å². The van der Waals surface area contributed by atoms with E-state index in [2.05, 4.69) is 5.32 Å². The van der Waals surface area contributed by atoms with Crippen LogP contribution in [0.3, 0.4) is 0 Å². The Morgan fingerprint density at radius 3 is 2.65 bits per heavy atom. The van der Waals surface area contributed by atoms with Crippen molar-refractivity contribution in [3.63, 3.8) is 0 Å². The van der Waals surface area contributed by atoms with Crippen molar-refractivity contribution in [3.8, 4) is 5.75 Å². The molecule has 1 N–H and O–H groups in total. The number of rotatable bonds is 4. The van der Waals surface area contributed by atoms with Crippen molar-refractivity contribution in [3.05, 3.63) is 58.3 Å². The molecule has 1 amide bonds. The Balaban J connectivity index is 1.91. The van der Waals surface area contributed by atoms with Crippen LogP contribution in [0.15, 0.2) is 42.5 Å². The topological polar surface area (TPSA) is 38.3 Å². The normalized spacial score (nSPS) is 10.2. The van der Waals surface area contributed by atoms with Gasteiger partial charge in [0.25, 0.3) is 5.91 Å². The molecule has 0 unspecified atom stereocenters. The highest BCUT2D eigenvalue weighted by Gasteiger charge is 2.06. The highest BCUT2D eigenvalue weighted by atomic mass is 35.5. The maximum Gasteiger partial charge on any atom is 0.262 e. The minimum atomic E-state index is -0.424. The third-order valence-electron chi connectivity index (χ3n) is 2.37. The summed E-state index contributed by atoms with van der Waals surface area (Å²) in [5.41, 5.74) is 0.507. The molecule has 0 saturated heterocycles. The molecule has 3 nitrogen and oxygen atoms in total. The summed E-state index contributed by atoms with van der Waals surface area (Å²) in [4.78, 5) is 11.7. The summed E-state index contributed by atoms with van der Waals surface area (Å²) in [7, 11) is 0. The predicted molar refractivity (Wildman–Crippen MR) is 77.0 cm³/mol. The van der Waals surface area contributed by atoms with E-state index in [0.29, 0.717) is 15.7 Å². The lowest BCUT2D eigenvalue weighted by Crippen LogP contribution is -2.20. The first-order valence-corrected chi connectivity index (χ1v) is 6.43. The second kappa shape index (κ2) is 6.59. The van der Waals surface area contributed by atoms with Crippen LogP contribution in [-0.4, -0.2) is 12.5 Å². The lowest BCUT2D eigenvalue weighted by molar-refractivity contribution is -0.118. The first-order chi connectivity index (χ1) is 9.54. The van der Waals surface area contributed by atoms with Gasteiger partial charge in [-0.3, -0.25) is 4.79 Å². The third-order valence-corrected chi connectivity index (χ3v) is 3.11. The van der Waals surface area contributed by atoms with Crippen LogP contribution in [0.2, 0.25) is 10.0 Å². The van der Waals surface area contributed by atoms with Gasteiger partial charge in [0.1, 0.15) is 11.6 Å². The molecule has 0 saturated carbocycles. The molecule has 2 rings (SSSR count). The standard InChI is InChI=1S/C14H10Cl2FNO2/c15-12-5-4-10(7-13(12)16)18-14(19)8-20-11-3-1-2-9(17)6-11/h1-7H,8H2,(H,18,19). The number of benzene rings is 2. The molecule has 0 aliphatic heterocycles. The smallest absolute Gasteiger partial charge is 0.262 e. The average Bonchev–Trinajstić information content (AvgIpc) is 2.41. The fraction of sp³-hybridized carbons (Fsp3) is 0.0714. The Hall–Kier alpha value is -1.78. The van der Waals surface area contributed by atoms with Gasteiger partial charge >= 0.3 is 0 Å². The van der Waals surface area contributed by atoms with Crippen molar-refractivity contribution in [2.45, 2.75) is 0 Å². The zero-order valence-corrected chi connectivity index (χ0v) is 11.7. The Labute approximate surface area is 125 Å². The molecule has 0 aliphatic rings. The van der Waals surface area contributed by atoms with Crippen LogP contribution in [0.5, 0.6) is 5.75 Å². The first kappa shape index (κ1) is 14.6. The van der Waals surface area contributed by atoms with Gasteiger partial charge in [0.15, 0.2) is 6.61 Å². The number of anilines is 1. The minimum Gasteiger partial charge on any atom is -0.484 e. The summed E-state index contributed by atoms with van der Waals surface area (Å²) in [6, 6.07) is 10.3. The van der Waals surface area contributed by atoms with Crippen LogP contribution in [0.4, 0.5) is 10.1 Å². The number of hydrogen-bond acceptors (Lipinski definition) is 2. The lowest BCUT2D eigenvalue weighted by Gasteiger charge is -2.08. The maximum atomic E-state index is 12.9. The van der Waals surface area contributed by atoms with Gasteiger partial charge in [0, 0.05) is 11.8 Å². The number of nitrogens with one attached hydrogen (secondary N) is 1. The van der Waals surface area contributed by atoms with Crippen LogP contribution in [0.25, 0.3) is 0 Å². The summed E-state index contributed by atoms with van der Waals surface area (Å²) in [6.07, 6.45) is 0. The van der Waals surface area contributed by atoms with Crippen LogP contribution in [0.1, 0.15) is 0 Å². The van der Waals surface area contributed by atoms with E-state index in [0.717, 1.165) is 0 Å². The average molecular weight is 314 g/mol. The fourth-order valence-electron chi connectivity index (χ4n) is 1.48. The van der Waals surface area contributed by atoms with Crippen molar-refractivity contribution >= 4 is 34.8 Å². The van der Waals surface area contributed by atoms with Gasteiger partial charge in [-0.2, -0.15) is 0 Å². The highest BCUT2D eigenvalue weighted by Crippen LogP contribution is 2.24. The zero-order valence-electron chi connectivity index (χ0n) is 10.2. The number of hydrogen-bond donors (Lipinski definition) is 1. The fourth-order valence-corrected chi connectivity index (χ4v) is 1.77. The predicted octanol–water partition coefficient (Wildman–Crippen LogP) is 4.15. The van der Waals surface area contributed by atoms with E-state index < -0.39 is 5.82 Å². The summed E-state index contributed by atoms with van der Waals surface area (Å²) in [6.45, 7) is -0.232. The van der Waals surface area contributed by atoms with Crippen molar-refractivity contribution in [2.75, 3.05) is 11.9 Å². The largest absolute Gasteiger partial charge is 0.484 e. The van der Waals surface area contributed by atoms with E-state index in [1.807, 2.05) is 0 Å². The molecule has 0 heterocycles. The monoisotopic (exact) mass is 313 g/mol. The number of halogens is 3. The second-order valence-electron chi connectivity index (χ2n) is 3.92. The number of carbonyl (C=O) groups is 1. The van der Waals surface area contributed by atoms with E-state index >= 15 is 0 Å². The first-order valence-electron chi connectivity index (χ1n) is 5.68. The van der Waals surface area contributed by atoms with E-state index in [1.54, 1.807) is 18.2 Å². The van der Waals surface area contributed by atoms with E-state index in [1.165, 1.54) is 24.3 Å². The van der Waals surface area contributed by atoms with Crippen LogP contribution in [0, 0.1) is 5.82 Å². The quantitative estimate of drug-likeness (QED) is 0.920. The number of carbonyl (C=O) groups excluding carboxylic acids is 1. The molecule has 0 atom stereocenters. The molecule has 0 fully saturated rings. The van der Waals surface area contributed by atoms with Crippen LogP contribution >= 0.6 is 23.2 Å². The van der Waals surface area contributed by atoms with E-state index in [4.69, 9.17) is 27.9 Å². The number of ether oxygens (including phenoxy) is 1. The number of amides is 1. The Kier molecular flexibility index (Phi) is 4.82. The van der Waals surface area contributed by atoms with Crippen LogP contribution < -0.4 is 10.1 Å². The summed E-state index contributed by atoms with van der Waals surface area (Å²) < 4.78 is 18.1. The molecule has 0 spiro atoms. The molecule has 20 heavy (non-hydrogen) atoms.